The number of ether oxygens (including phenoxy) is 2. The lowest BCUT2D eigenvalue weighted by atomic mass is 9.89. The number of aliphatic hydroxyl groups excluding tert-OH is 1. The van der Waals surface area contributed by atoms with Crippen molar-refractivity contribution in [2.75, 3.05) is 19.6 Å². The quantitative estimate of drug-likeness (QED) is 0.0618. The summed E-state index contributed by atoms with van der Waals surface area (Å²) in [5.74, 6) is 0.147. The van der Waals surface area contributed by atoms with Gasteiger partial charge in [0.1, 0.15) is 0 Å². The predicted octanol–water partition coefficient (Wildman–Crippen LogP) is 11.7. The van der Waals surface area contributed by atoms with Crippen molar-refractivity contribution in [3.05, 3.63) is 131 Å². The van der Waals surface area contributed by atoms with Gasteiger partial charge in [0.15, 0.2) is 6.29 Å². The molecule has 2 amide bonds. The molecule has 7 heteroatoms. The Morgan fingerprint density at radius 1 is 0.614 bits per heavy atom. The van der Waals surface area contributed by atoms with E-state index < -0.39 is 6.29 Å². The highest BCUT2D eigenvalue weighted by Gasteiger charge is 2.39. The first-order valence-corrected chi connectivity index (χ1v) is 21.9. The SMILES string of the molecule is CCCCCCCCN(CCCCCCCC)C[C@@H]1O[C@H](c2ccc(-c3cccc(CNC(=O)NCc4ccccc4)c3)cc2)O[C@H](c2ccc(CO)cc2)[C@@H]1C. The molecule has 7 nitrogen and oxygen atoms in total. The zero-order valence-corrected chi connectivity index (χ0v) is 35.0. The molecule has 4 aromatic rings. The van der Waals surface area contributed by atoms with Crippen LogP contribution in [-0.2, 0) is 29.2 Å². The first-order valence-electron chi connectivity index (χ1n) is 21.9. The van der Waals surface area contributed by atoms with Crippen molar-refractivity contribution in [2.45, 2.75) is 136 Å². The smallest absolute Gasteiger partial charge is 0.315 e. The number of nitrogens with zero attached hydrogens (tertiary/aromatic N) is 1. The van der Waals surface area contributed by atoms with Gasteiger partial charge in [0.05, 0.1) is 18.8 Å². The molecule has 0 saturated carbocycles. The number of rotatable bonds is 24. The number of urea groups is 1. The van der Waals surface area contributed by atoms with Gasteiger partial charge in [-0.15, -0.1) is 0 Å². The van der Waals surface area contributed by atoms with E-state index in [1.807, 2.05) is 54.6 Å². The van der Waals surface area contributed by atoms with Gasteiger partial charge in [0.2, 0.25) is 0 Å². The maximum Gasteiger partial charge on any atom is 0.315 e. The third-order valence-corrected chi connectivity index (χ3v) is 11.4. The molecule has 3 N–H and O–H groups in total. The second-order valence-electron chi connectivity index (χ2n) is 16.0. The van der Waals surface area contributed by atoms with E-state index in [1.54, 1.807) is 0 Å². The number of unbranched alkanes of at least 4 members (excludes halogenated alkanes) is 10. The Balaban J connectivity index is 1.26. The van der Waals surface area contributed by atoms with Gasteiger partial charge in [-0.05, 0) is 65.4 Å². The number of hydrogen-bond acceptors (Lipinski definition) is 5. The van der Waals surface area contributed by atoms with Crippen molar-refractivity contribution in [1.82, 2.24) is 15.5 Å². The Morgan fingerprint density at radius 2 is 1.19 bits per heavy atom. The van der Waals surface area contributed by atoms with Crippen molar-refractivity contribution in [3.8, 4) is 11.1 Å². The fourth-order valence-corrected chi connectivity index (χ4v) is 7.83. The molecule has 5 rings (SSSR count). The van der Waals surface area contributed by atoms with Crippen molar-refractivity contribution < 1.29 is 19.4 Å². The van der Waals surface area contributed by atoms with Gasteiger partial charge in [0, 0.05) is 31.1 Å². The van der Waals surface area contributed by atoms with Crippen molar-refractivity contribution in [1.29, 1.82) is 0 Å². The molecule has 57 heavy (non-hydrogen) atoms. The van der Waals surface area contributed by atoms with Crippen LogP contribution in [0.1, 0.15) is 138 Å². The predicted molar refractivity (Wildman–Crippen MR) is 234 cm³/mol. The highest BCUT2D eigenvalue weighted by molar-refractivity contribution is 5.74. The summed E-state index contributed by atoms with van der Waals surface area (Å²) in [6, 6.07) is 34.8. The summed E-state index contributed by atoms with van der Waals surface area (Å²) in [4.78, 5) is 15.2. The van der Waals surface area contributed by atoms with Gasteiger partial charge in [-0.3, -0.25) is 0 Å². The van der Waals surface area contributed by atoms with Gasteiger partial charge in [-0.2, -0.15) is 0 Å². The van der Waals surface area contributed by atoms with Crippen LogP contribution in [0.2, 0.25) is 0 Å². The molecule has 1 fully saturated rings. The highest BCUT2D eigenvalue weighted by Crippen LogP contribution is 2.42. The molecular weight excluding hydrogens is 707 g/mol. The molecule has 1 saturated heterocycles. The van der Waals surface area contributed by atoms with Gasteiger partial charge in [-0.25, -0.2) is 4.79 Å². The third-order valence-electron chi connectivity index (χ3n) is 11.4. The summed E-state index contributed by atoms with van der Waals surface area (Å²) >= 11 is 0. The largest absolute Gasteiger partial charge is 0.392 e. The number of nitrogens with one attached hydrogen (secondary N) is 2. The van der Waals surface area contributed by atoms with Crippen LogP contribution in [0.3, 0.4) is 0 Å². The van der Waals surface area contributed by atoms with E-state index in [0.717, 1.165) is 58.6 Å². The second kappa shape index (κ2) is 24.7. The Kier molecular flexibility index (Phi) is 19.1. The zero-order valence-electron chi connectivity index (χ0n) is 35.0. The number of aliphatic hydroxyl groups is 1. The zero-order chi connectivity index (χ0) is 40.1. The summed E-state index contributed by atoms with van der Waals surface area (Å²) in [7, 11) is 0. The maximum atomic E-state index is 12.5. The molecule has 1 heterocycles. The Bertz CT molecular complexity index is 1680. The van der Waals surface area contributed by atoms with Crippen LogP contribution in [0, 0.1) is 5.92 Å². The molecule has 1 aliphatic heterocycles. The van der Waals surface area contributed by atoms with Crippen LogP contribution in [0.4, 0.5) is 4.79 Å². The number of amides is 2. The Hall–Kier alpha value is -4.01. The summed E-state index contributed by atoms with van der Waals surface area (Å²) in [5, 5.41) is 15.7. The number of benzene rings is 4. The van der Waals surface area contributed by atoms with E-state index in [2.05, 4.69) is 84.8 Å². The van der Waals surface area contributed by atoms with Crippen LogP contribution >= 0.6 is 0 Å². The van der Waals surface area contributed by atoms with Crippen molar-refractivity contribution in [2.24, 2.45) is 5.92 Å². The standard InChI is InChI=1S/C50H69N3O4/c1-4-6-8-10-12-17-32-53(33-18-13-11-9-7-5-2)37-47-39(3)48(44-26-24-41(38-54)25-27-44)57-49(56-47)45-30-28-43(29-31-45)46-23-19-22-42(34-46)36-52-50(55)51-35-40-20-15-14-16-21-40/h14-16,19-31,34,39,47-49,54H,4-13,17-18,32-33,35-38H2,1-3H3,(H2,51,52,55)/t39-,47+,48+,49+/m1/s1. The van der Waals surface area contributed by atoms with Crippen molar-refractivity contribution in [3.63, 3.8) is 0 Å². The monoisotopic (exact) mass is 776 g/mol. The van der Waals surface area contributed by atoms with Crippen LogP contribution in [0.5, 0.6) is 0 Å². The molecule has 1 aliphatic rings. The van der Waals surface area contributed by atoms with Gasteiger partial charge < -0.3 is 30.1 Å². The van der Waals surface area contributed by atoms with Crippen LogP contribution in [-0.4, -0.2) is 41.8 Å². The Morgan fingerprint density at radius 3 is 1.82 bits per heavy atom. The van der Waals surface area contributed by atoms with Crippen LogP contribution in [0.25, 0.3) is 11.1 Å². The van der Waals surface area contributed by atoms with E-state index in [4.69, 9.17) is 9.47 Å². The van der Waals surface area contributed by atoms with E-state index >= 15 is 0 Å². The molecule has 0 spiro atoms. The minimum atomic E-state index is -0.502. The molecular formula is C50H69N3O4. The lowest BCUT2D eigenvalue weighted by Crippen LogP contribution is -2.45. The lowest BCUT2D eigenvalue weighted by Gasteiger charge is -2.43. The minimum Gasteiger partial charge on any atom is -0.392 e. The summed E-state index contributed by atoms with van der Waals surface area (Å²) in [6.45, 7) is 10.9. The van der Waals surface area contributed by atoms with Gasteiger partial charge in [-0.1, -0.05) is 182 Å². The highest BCUT2D eigenvalue weighted by atomic mass is 16.7. The number of carbonyl (C=O) groups excluding carboxylic acids is 1. The fraction of sp³-hybridized carbons (Fsp3) is 0.500. The van der Waals surface area contributed by atoms with E-state index in [1.165, 1.54) is 77.0 Å². The Labute approximate surface area is 343 Å². The molecule has 0 unspecified atom stereocenters. The molecule has 308 valence electrons. The van der Waals surface area contributed by atoms with Crippen molar-refractivity contribution >= 4 is 6.03 Å². The first kappa shape index (κ1) is 44.1. The summed E-state index contributed by atoms with van der Waals surface area (Å²) < 4.78 is 13.8. The molecule has 4 aromatic carbocycles. The second-order valence-corrected chi connectivity index (χ2v) is 16.0. The number of carbonyl (C=O) groups is 1. The van der Waals surface area contributed by atoms with Gasteiger partial charge in [0.25, 0.3) is 0 Å². The molecule has 0 aliphatic carbocycles. The van der Waals surface area contributed by atoms with E-state index in [9.17, 15) is 9.90 Å². The molecule has 0 radical (unpaired) electrons. The molecule has 4 atom stereocenters. The molecule has 0 bridgehead atoms. The number of hydrogen-bond donors (Lipinski definition) is 3. The summed E-state index contributed by atoms with van der Waals surface area (Å²) in [6.07, 6.45) is 14.9. The third kappa shape index (κ3) is 14.7. The molecule has 0 aromatic heterocycles. The van der Waals surface area contributed by atoms with E-state index in [-0.39, 0.29) is 30.8 Å². The van der Waals surface area contributed by atoms with Crippen LogP contribution in [0.15, 0.2) is 103 Å². The fourth-order valence-electron chi connectivity index (χ4n) is 7.83. The van der Waals surface area contributed by atoms with Crippen LogP contribution < -0.4 is 10.6 Å². The first-order chi connectivity index (χ1) is 28.0. The lowest BCUT2D eigenvalue weighted by molar-refractivity contribution is -0.276. The normalized spacial score (nSPS) is 18.1. The summed E-state index contributed by atoms with van der Waals surface area (Å²) in [5.41, 5.74) is 7.29. The van der Waals surface area contributed by atoms with Gasteiger partial charge >= 0.3 is 6.03 Å². The maximum absolute atomic E-state index is 12.5. The minimum absolute atomic E-state index is 0.000187. The average Bonchev–Trinajstić information content (AvgIpc) is 3.25. The topological polar surface area (TPSA) is 83.1 Å². The average molecular weight is 776 g/mol. The van der Waals surface area contributed by atoms with E-state index in [0.29, 0.717) is 13.1 Å².